The summed E-state index contributed by atoms with van der Waals surface area (Å²) in [6.07, 6.45) is 1.88. The smallest absolute Gasteiger partial charge is 0.245 e. The Hall–Kier alpha value is -1.31. The molecule has 2 aliphatic rings. The third-order valence-electron chi connectivity index (χ3n) is 3.84. The number of benzene rings is 1. The standard InChI is InChI=1S/C13H18N2O4S/c1-18-9-4-5-13(12(14)6-9)20(16,17)15-7-10-2-3-11(8-15)19-10/h4-6,10-11H,2-3,7-8,14H2,1H3. The van der Waals surface area contributed by atoms with Crippen LogP contribution in [0.5, 0.6) is 5.75 Å². The van der Waals surface area contributed by atoms with E-state index in [1.807, 2.05) is 0 Å². The van der Waals surface area contributed by atoms with Crippen LogP contribution in [-0.4, -0.2) is 45.1 Å². The third kappa shape index (κ3) is 2.25. The molecule has 2 saturated heterocycles. The first-order valence-corrected chi connectivity index (χ1v) is 8.04. The van der Waals surface area contributed by atoms with Crippen LogP contribution in [0.2, 0.25) is 0 Å². The molecule has 2 atom stereocenters. The fourth-order valence-corrected chi connectivity index (χ4v) is 4.40. The second-order valence-electron chi connectivity index (χ2n) is 5.18. The summed E-state index contributed by atoms with van der Waals surface area (Å²) in [7, 11) is -2.05. The molecule has 2 heterocycles. The van der Waals surface area contributed by atoms with E-state index in [1.54, 1.807) is 6.07 Å². The number of hydrogen-bond donors (Lipinski definition) is 1. The van der Waals surface area contributed by atoms with Gasteiger partial charge in [0.2, 0.25) is 10.0 Å². The average molecular weight is 298 g/mol. The summed E-state index contributed by atoms with van der Waals surface area (Å²) in [5.74, 6) is 0.545. The Kier molecular flexibility index (Phi) is 3.35. The maximum absolute atomic E-state index is 12.7. The first-order chi connectivity index (χ1) is 9.50. The zero-order valence-corrected chi connectivity index (χ0v) is 12.1. The van der Waals surface area contributed by atoms with Gasteiger partial charge in [-0.15, -0.1) is 0 Å². The number of anilines is 1. The maximum atomic E-state index is 12.7. The minimum atomic E-state index is -3.57. The highest BCUT2D eigenvalue weighted by Crippen LogP contribution is 2.32. The van der Waals surface area contributed by atoms with Crippen LogP contribution in [0.1, 0.15) is 12.8 Å². The molecule has 0 radical (unpaired) electrons. The molecule has 2 fully saturated rings. The first kappa shape index (κ1) is 13.7. The van der Waals surface area contributed by atoms with E-state index in [9.17, 15) is 8.42 Å². The van der Waals surface area contributed by atoms with Crippen LogP contribution >= 0.6 is 0 Å². The lowest BCUT2D eigenvalue weighted by Gasteiger charge is -2.31. The second-order valence-corrected chi connectivity index (χ2v) is 7.09. The van der Waals surface area contributed by atoms with Crippen LogP contribution in [0.15, 0.2) is 23.1 Å². The molecule has 3 rings (SSSR count). The van der Waals surface area contributed by atoms with Gasteiger partial charge in [0.1, 0.15) is 10.6 Å². The Labute approximate surface area is 118 Å². The molecule has 0 aromatic heterocycles. The quantitative estimate of drug-likeness (QED) is 0.836. The van der Waals surface area contributed by atoms with Crippen molar-refractivity contribution in [1.82, 2.24) is 4.31 Å². The molecule has 2 N–H and O–H groups in total. The van der Waals surface area contributed by atoms with Gasteiger partial charge >= 0.3 is 0 Å². The number of nitrogen functional groups attached to an aromatic ring is 1. The maximum Gasteiger partial charge on any atom is 0.245 e. The molecule has 0 spiro atoms. The third-order valence-corrected chi connectivity index (χ3v) is 5.75. The van der Waals surface area contributed by atoms with E-state index in [0.717, 1.165) is 12.8 Å². The van der Waals surface area contributed by atoms with Crippen molar-refractivity contribution in [3.8, 4) is 5.75 Å². The highest BCUT2D eigenvalue weighted by molar-refractivity contribution is 7.89. The fourth-order valence-electron chi connectivity index (χ4n) is 2.80. The summed E-state index contributed by atoms with van der Waals surface area (Å²) in [4.78, 5) is 0.139. The van der Waals surface area contributed by atoms with Crippen molar-refractivity contribution in [3.63, 3.8) is 0 Å². The molecular formula is C13H18N2O4S. The van der Waals surface area contributed by atoms with E-state index < -0.39 is 10.0 Å². The van der Waals surface area contributed by atoms with Crippen LogP contribution in [0.4, 0.5) is 5.69 Å². The van der Waals surface area contributed by atoms with Gasteiger partial charge in [-0.1, -0.05) is 0 Å². The minimum absolute atomic E-state index is 0.0167. The molecule has 2 unspecified atom stereocenters. The normalized spacial score (nSPS) is 26.6. The van der Waals surface area contributed by atoms with Gasteiger partial charge in [0.25, 0.3) is 0 Å². The van der Waals surface area contributed by atoms with Gasteiger partial charge in [0, 0.05) is 19.2 Å². The summed E-state index contributed by atoms with van der Waals surface area (Å²) >= 11 is 0. The summed E-state index contributed by atoms with van der Waals surface area (Å²) in [6, 6.07) is 4.64. The Morgan fingerprint density at radius 2 is 1.95 bits per heavy atom. The van der Waals surface area contributed by atoms with Gasteiger partial charge in [-0.25, -0.2) is 8.42 Å². The summed E-state index contributed by atoms with van der Waals surface area (Å²) < 4.78 is 37.5. The molecule has 0 amide bonds. The SMILES string of the molecule is COc1ccc(S(=O)(=O)N2CC3CCC(C2)O3)c(N)c1. The molecule has 0 saturated carbocycles. The highest BCUT2D eigenvalue weighted by atomic mass is 32.2. The molecular weight excluding hydrogens is 280 g/mol. The molecule has 110 valence electrons. The first-order valence-electron chi connectivity index (χ1n) is 6.60. The minimum Gasteiger partial charge on any atom is -0.497 e. The van der Waals surface area contributed by atoms with Crippen LogP contribution in [0.3, 0.4) is 0 Å². The van der Waals surface area contributed by atoms with Crippen molar-refractivity contribution in [2.24, 2.45) is 0 Å². The molecule has 1 aromatic carbocycles. The second kappa shape index (κ2) is 4.91. The molecule has 20 heavy (non-hydrogen) atoms. The lowest BCUT2D eigenvalue weighted by molar-refractivity contribution is -0.0114. The van der Waals surface area contributed by atoms with Crippen LogP contribution < -0.4 is 10.5 Å². The number of hydrogen-bond acceptors (Lipinski definition) is 5. The number of fused-ring (bicyclic) bond motifs is 2. The fraction of sp³-hybridized carbons (Fsp3) is 0.538. The number of methoxy groups -OCH3 is 1. The average Bonchev–Trinajstić information content (AvgIpc) is 2.76. The monoisotopic (exact) mass is 298 g/mol. The number of rotatable bonds is 3. The van der Waals surface area contributed by atoms with Gasteiger partial charge in [0.15, 0.2) is 0 Å². The molecule has 6 nitrogen and oxygen atoms in total. The van der Waals surface area contributed by atoms with Gasteiger partial charge in [-0.2, -0.15) is 4.31 Å². The Morgan fingerprint density at radius 1 is 1.30 bits per heavy atom. The lowest BCUT2D eigenvalue weighted by atomic mass is 10.2. The van der Waals surface area contributed by atoms with Crippen LogP contribution in [-0.2, 0) is 14.8 Å². The van der Waals surface area contributed by atoms with Gasteiger partial charge in [-0.3, -0.25) is 0 Å². The number of ether oxygens (including phenoxy) is 2. The van der Waals surface area contributed by atoms with Crippen LogP contribution in [0.25, 0.3) is 0 Å². The van der Waals surface area contributed by atoms with Crippen molar-refractivity contribution < 1.29 is 17.9 Å². The lowest BCUT2D eigenvalue weighted by Crippen LogP contribution is -2.45. The zero-order chi connectivity index (χ0) is 14.3. The van der Waals surface area contributed by atoms with Gasteiger partial charge in [-0.05, 0) is 25.0 Å². The number of morpholine rings is 1. The van der Waals surface area contributed by atoms with E-state index >= 15 is 0 Å². The van der Waals surface area contributed by atoms with E-state index in [4.69, 9.17) is 15.2 Å². The summed E-state index contributed by atoms with van der Waals surface area (Å²) in [6.45, 7) is 0.814. The predicted octanol–water partition coefficient (Wildman–Crippen LogP) is 0.829. The van der Waals surface area contributed by atoms with Crippen LogP contribution in [0, 0.1) is 0 Å². The zero-order valence-electron chi connectivity index (χ0n) is 11.3. The predicted molar refractivity (Wildman–Crippen MR) is 74.1 cm³/mol. The van der Waals surface area contributed by atoms with Crippen molar-refractivity contribution in [2.75, 3.05) is 25.9 Å². The van der Waals surface area contributed by atoms with Gasteiger partial charge < -0.3 is 15.2 Å². The van der Waals surface area contributed by atoms with E-state index in [2.05, 4.69) is 0 Å². The van der Waals surface area contributed by atoms with Crippen molar-refractivity contribution in [2.45, 2.75) is 29.9 Å². The molecule has 0 aliphatic carbocycles. The topological polar surface area (TPSA) is 81.9 Å². The van der Waals surface area contributed by atoms with Crippen molar-refractivity contribution >= 4 is 15.7 Å². The van der Waals surface area contributed by atoms with Crippen molar-refractivity contribution in [3.05, 3.63) is 18.2 Å². The van der Waals surface area contributed by atoms with E-state index in [0.29, 0.717) is 18.8 Å². The Balaban J connectivity index is 1.92. The highest BCUT2D eigenvalue weighted by Gasteiger charge is 2.39. The largest absolute Gasteiger partial charge is 0.497 e. The summed E-state index contributed by atoms with van der Waals surface area (Å²) in [5.41, 5.74) is 6.07. The summed E-state index contributed by atoms with van der Waals surface area (Å²) in [5, 5.41) is 0. The Morgan fingerprint density at radius 3 is 2.50 bits per heavy atom. The number of sulfonamides is 1. The number of nitrogens with two attached hydrogens (primary N) is 1. The van der Waals surface area contributed by atoms with Crippen molar-refractivity contribution in [1.29, 1.82) is 0 Å². The molecule has 2 aliphatic heterocycles. The van der Waals surface area contributed by atoms with Gasteiger partial charge in [0.05, 0.1) is 25.0 Å². The van der Waals surface area contributed by atoms with E-state index in [1.165, 1.54) is 23.5 Å². The Bertz CT molecular complexity index is 605. The number of nitrogens with zero attached hydrogens (tertiary/aromatic N) is 1. The van der Waals surface area contributed by atoms with E-state index in [-0.39, 0.29) is 22.8 Å². The molecule has 2 bridgehead atoms. The molecule has 1 aromatic rings. The molecule has 7 heteroatoms.